The third-order valence-electron chi connectivity index (χ3n) is 6.63. The predicted octanol–water partition coefficient (Wildman–Crippen LogP) is 2.28. The van der Waals surface area contributed by atoms with Gasteiger partial charge in [-0.3, -0.25) is 4.79 Å². The summed E-state index contributed by atoms with van der Waals surface area (Å²) >= 11 is 0. The van der Waals surface area contributed by atoms with Crippen molar-refractivity contribution >= 4 is 5.97 Å². The van der Waals surface area contributed by atoms with Crippen LogP contribution in [0.3, 0.4) is 0 Å². The van der Waals surface area contributed by atoms with E-state index in [-0.39, 0.29) is 18.0 Å². The van der Waals surface area contributed by atoms with Crippen molar-refractivity contribution in [2.24, 2.45) is 18.9 Å². The molecule has 2 fully saturated rings. The molecule has 2 aliphatic rings. The van der Waals surface area contributed by atoms with Gasteiger partial charge in [0.15, 0.2) is 5.82 Å². The quantitative estimate of drug-likeness (QED) is 0.460. The van der Waals surface area contributed by atoms with Gasteiger partial charge in [-0.1, -0.05) is 5.21 Å². The standard InChI is InChI=1S/C23H30N8O3/c1-14-20(34-17-6-4-5-16(12-17)23(32)33-3)10-9-18(24-14)22-19(30(2)28-26-22)13-31-27-21(25-29-31)11-15-7-8-15/h9-10,15-17H,4-8,11-13H2,1-3H3/t16-,17-/m0/s1. The number of carbonyl (C=O) groups excluding carboxylic acids is 1. The van der Waals surface area contributed by atoms with Gasteiger partial charge in [-0.05, 0) is 68.7 Å². The van der Waals surface area contributed by atoms with E-state index in [4.69, 9.17) is 14.5 Å². The number of nitrogens with zero attached hydrogens (tertiary/aromatic N) is 8. The SMILES string of the molecule is COC(=O)[C@H]1CCC[C@H](Oc2ccc(-c3nnn(C)c3Cn3nnc(CC4CC4)n3)nc2C)C1. The molecule has 5 rings (SSSR count). The second kappa shape index (κ2) is 9.47. The topological polar surface area (TPSA) is 123 Å². The average Bonchev–Trinajstić information content (AvgIpc) is 3.43. The first kappa shape index (κ1) is 22.4. The summed E-state index contributed by atoms with van der Waals surface area (Å²) in [7, 11) is 3.28. The fourth-order valence-corrected chi connectivity index (χ4v) is 4.51. The second-order valence-electron chi connectivity index (χ2n) is 9.30. The lowest BCUT2D eigenvalue weighted by atomic mass is 9.87. The number of carbonyl (C=O) groups is 1. The van der Waals surface area contributed by atoms with Crippen molar-refractivity contribution in [2.45, 2.75) is 64.5 Å². The second-order valence-corrected chi connectivity index (χ2v) is 9.30. The van der Waals surface area contributed by atoms with Crippen LogP contribution in [0.1, 0.15) is 55.7 Å². The molecular weight excluding hydrogens is 436 g/mol. The van der Waals surface area contributed by atoms with Crippen LogP contribution in [0.25, 0.3) is 11.4 Å². The van der Waals surface area contributed by atoms with Crippen molar-refractivity contribution in [3.05, 3.63) is 29.3 Å². The Balaban J connectivity index is 1.30. The number of hydrogen-bond acceptors (Lipinski definition) is 9. The number of aryl methyl sites for hydroxylation is 2. The van der Waals surface area contributed by atoms with Crippen LogP contribution in [-0.2, 0) is 29.5 Å². The van der Waals surface area contributed by atoms with E-state index >= 15 is 0 Å². The Hall–Kier alpha value is -3.37. The molecule has 0 N–H and O–H groups in total. The highest BCUT2D eigenvalue weighted by atomic mass is 16.5. The van der Waals surface area contributed by atoms with Crippen LogP contribution < -0.4 is 4.74 Å². The molecule has 3 aromatic heterocycles. The maximum atomic E-state index is 11.9. The van der Waals surface area contributed by atoms with Crippen molar-refractivity contribution in [3.63, 3.8) is 0 Å². The molecule has 34 heavy (non-hydrogen) atoms. The zero-order chi connectivity index (χ0) is 23.7. The summed E-state index contributed by atoms with van der Waals surface area (Å²) < 4.78 is 12.9. The lowest BCUT2D eigenvalue weighted by molar-refractivity contribution is -0.147. The third-order valence-corrected chi connectivity index (χ3v) is 6.63. The number of tetrazole rings is 1. The Morgan fingerprint density at radius 3 is 2.76 bits per heavy atom. The van der Waals surface area contributed by atoms with Gasteiger partial charge in [-0.25, -0.2) is 9.67 Å². The molecular formula is C23H30N8O3. The van der Waals surface area contributed by atoms with Crippen molar-refractivity contribution < 1.29 is 14.3 Å². The van der Waals surface area contributed by atoms with E-state index in [0.717, 1.165) is 42.9 Å². The minimum atomic E-state index is -0.157. The van der Waals surface area contributed by atoms with E-state index in [1.165, 1.54) is 20.0 Å². The highest BCUT2D eigenvalue weighted by Crippen LogP contribution is 2.32. The minimum absolute atomic E-state index is 0.0282. The van der Waals surface area contributed by atoms with Crippen LogP contribution >= 0.6 is 0 Å². The molecule has 0 aliphatic heterocycles. The first-order valence-corrected chi connectivity index (χ1v) is 11.9. The van der Waals surface area contributed by atoms with Crippen molar-refractivity contribution in [1.82, 2.24) is 40.2 Å². The lowest BCUT2D eigenvalue weighted by Gasteiger charge is -2.28. The van der Waals surface area contributed by atoms with Crippen LogP contribution in [-0.4, -0.2) is 59.4 Å². The van der Waals surface area contributed by atoms with Gasteiger partial charge in [-0.2, -0.15) is 4.80 Å². The fraction of sp³-hybridized carbons (Fsp3) is 0.609. The Bertz CT molecular complexity index is 1170. The molecule has 2 atom stereocenters. The van der Waals surface area contributed by atoms with E-state index in [1.54, 1.807) is 9.48 Å². The van der Waals surface area contributed by atoms with Gasteiger partial charge in [-0.15, -0.1) is 15.3 Å². The van der Waals surface area contributed by atoms with Crippen molar-refractivity contribution in [3.8, 4) is 17.1 Å². The van der Waals surface area contributed by atoms with Gasteiger partial charge in [0.05, 0.1) is 36.2 Å². The molecule has 0 spiro atoms. The molecule has 3 aromatic rings. The molecule has 3 heterocycles. The number of methoxy groups -OCH3 is 1. The number of esters is 1. The van der Waals surface area contributed by atoms with Gasteiger partial charge in [0.2, 0.25) is 0 Å². The number of pyridine rings is 1. The largest absolute Gasteiger partial charge is 0.489 e. The van der Waals surface area contributed by atoms with Gasteiger partial charge in [0, 0.05) is 13.5 Å². The number of ether oxygens (including phenoxy) is 2. The molecule has 11 nitrogen and oxygen atoms in total. The molecule has 0 aromatic carbocycles. The zero-order valence-electron chi connectivity index (χ0n) is 19.8. The van der Waals surface area contributed by atoms with Gasteiger partial charge >= 0.3 is 5.97 Å². The summed E-state index contributed by atoms with van der Waals surface area (Å²) in [6, 6.07) is 3.81. The van der Waals surface area contributed by atoms with E-state index in [9.17, 15) is 4.79 Å². The van der Waals surface area contributed by atoms with E-state index in [0.29, 0.717) is 36.0 Å². The smallest absolute Gasteiger partial charge is 0.308 e. The summed E-state index contributed by atoms with van der Waals surface area (Å²) in [4.78, 5) is 18.3. The molecule has 2 saturated carbocycles. The molecule has 0 bridgehead atoms. The van der Waals surface area contributed by atoms with Crippen LogP contribution in [0.15, 0.2) is 12.1 Å². The number of aromatic nitrogens is 8. The zero-order valence-corrected chi connectivity index (χ0v) is 19.8. The fourth-order valence-electron chi connectivity index (χ4n) is 4.51. The van der Waals surface area contributed by atoms with Gasteiger partial charge in [0.25, 0.3) is 0 Å². The van der Waals surface area contributed by atoms with E-state index in [2.05, 4.69) is 25.7 Å². The summed E-state index contributed by atoms with van der Waals surface area (Å²) in [6.45, 7) is 2.32. The highest BCUT2D eigenvalue weighted by Gasteiger charge is 2.29. The van der Waals surface area contributed by atoms with Crippen molar-refractivity contribution in [1.29, 1.82) is 0 Å². The lowest BCUT2D eigenvalue weighted by Crippen LogP contribution is -2.30. The van der Waals surface area contributed by atoms with E-state index < -0.39 is 0 Å². The van der Waals surface area contributed by atoms with Crippen LogP contribution in [0.2, 0.25) is 0 Å². The van der Waals surface area contributed by atoms with Gasteiger partial charge < -0.3 is 9.47 Å². The first-order chi connectivity index (χ1) is 16.5. The minimum Gasteiger partial charge on any atom is -0.489 e. The summed E-state index contributed by atoms with van der Waals surface area (Å²) in [5.74, 6) is 1.95. The number of rotatable bonds is 8. The van der Waals surface area contributed by atoms with Crippen LogP contribution in [0.5, 0.6) is 5.75 Å². The Morgan fingerprint density at radius 2 is 2.00 bits per heavy atom. The molecule has 2 aliphatic carbocycles. The third kappa shape index (κ3) is 4.92. The van der Waals surface area contributed by atoms with Gasteiger partial charge in [0.1, 0.15) is 18.0 Å². The molecule has 0 unspecified atom stereocenters. The predicted molar refractivity (Wildman–Crippen MR) is 121 cm³/mol. The monoisotopic (exact) mass is 466 g/mol. The molecule has 0 amide bonds. The average molecular weight is 467 g/mol. The highest BCUT2D eigenvalue weighted by molar-refractivity contribution is 5.72. The normalized spacial score (nSPS) is 20.3. The molecule has 0 saturated heterocycles. The maximum absolute atomic E-state index is 11.9. The summed E-state index contributed by atoms with van der Waals surface area (Å²) in [6.07, 6.45) is 6.73. The van der Waals surface area contributed by atoms with Crippen LogP contribution in [0, 0.1) is 18.8 Å². The Morgan fingerprint density at radius 1 is 1.15 bits per heavy atom. The molecule has 180 valence electrons. The Labute approximate surface area is 197 Å². The number of hydrogen-bond donors (Lipinski definition) is 0. The van der Waals surface area contributed by atoms with E-state index in [1.807, 2.05) is 26.1 Å². The molecule has 0 radical (unpaired) electrons. The summed E-state index contributed by atoms with van der Waals surface area (Å²) in [5.41, 5.74) is 3.01. The molecule has 11 heteroatoms. The summed E-state index contributed by atoms with van der Waals surface area (Å²) in [5, 5.41) is 21.4. The van der Waals surface area contributed by atoms with Crippen LogP contribution in [0.4, 0.5) is 0 Å². The Kier molecular flexibility index (Phi) is 6.25. The van der Waals surface area contributed by atoms with Crippen molar-refractivity contribution in [2.75, 3.05) is 7.11 Å². The maximum Gasteiger partial charge on any atom is 0.308 e. The first-order valence-electron chi connectivity index (χ1n) is 11.9.